The molecule has 1 aromatic heterocycles. The molecule has 0 spiro atoms. The van der Waals surface area contributed by atoms with E-state index in [1.165, 1.54) is 24.3 Å². The number of anilines is 3. The van der Waals surface area contributed by atoms with Gasteiger partial charge in [0.1, 0.15) is 5.82 Å². The van der Waals surface area contributed by atoms with Crippen molar-refractivity contribution in [1.82, 2.24) is 0 Å². The zero-order chi connectivity index (χ0) is 22.1. The molecular weight excluding hydrogens is 425 g/mol. The highest BCUT2D eigenvalue weighted by atomic mass is 32.1. The van der Waals surface area contributed by atoms with E-state index in [1.807, 2.05) is 46.7 Å². The van der Waals surface area contributed by atoms with Gasteiger partial charge in [-0.1, -0.05) is 18.2 Å². The Kier molecular flexibility index (Phi) is 5.49. The molecular formula is C25H22FN3O2S. The Hall–Kier alpha value is -3.45. The lowest BCUT2D eigenvalue weighted by molar-refractivity contribution is -0.117. The number of fused-ring (bicyclic) bond motifs is 1. The van der Waals surface area contributed by atoms with Gasteiger partial charge in [0.15, 0.2) is 5.78 Å². The van der Waals surface area contributed by atoms with Gasteiger partial charge in [0.25, 0.3) is 0 Å². The molecule has 0 saturated heterocycles. The second kappa shape index (κ2) is 8.59. The smallest absolute Gasteiger partial charge is 0.243 e. The first-order valence-electron chi connectivity index (χ1n) is 10.6. The first-order chi connectivity index (χ1) is 15.6. The molecule has 1 aliphatic heterocycles. The largest absolute Gasteiger partial charge is 0.357 e. The number of rotatable bonds is 4. The van der Waals surface area contributed by atoms with E-state index < -0.39 is 0 Å². The molecule has 0 fully saturated rings. The highest BCUT2D eigenvalue weighted by molar-refractivity contribution is 7.10. The third-order valence-corrected chi connectivity index (χ3v) is 6.72. The maximum Gasteiger partial charge on any atom is 0.243 e. The molecule has 0 bridgehead atoms. The van der Waals surface area contributed by atoms with E-state index in [4.69, 9.17) is 0 Å². The monoisotopic (exact) mass is 447 g/mol. The summed E-state index contributed by atoms with van der Waals surface area (Å²) in [5.41, 5.74) is 3.95. The molecule has 0 saturated carbocycles. The van der Waals surface area contributed by atoms with Gasteiger partial charge in [-0.2, -0.15) is 0 Å². The minimum atomic E-state index is -0.358. The average Bonchev–Trinajstić information content (AvgIpc) is 3.27. The summed E-state index contributed by atoms with van der Waals surface area (Å²) in [5.74, 6) is -0.474. The number of allylic oxidation sites excluding steroid dienone is 1. The Labute approximate surface area is 189 Å². The van der Waals surface area contributed by atoms with Crippen molar-refractivity contribution in [3.63, 3.8) is 0 Å². The van der Waals surface area contributed by atoms with Crippen LogP contribution < -0.4 is 15.5 Å². The van der Waals surface area contributed by atoms with E-state index in [-0.39, 0.29) is 30.1 Å². The van der Waals surface area contributed by atoms with Crippen molar-refractivity contribution in [3.05, 3.63) is 88.0 Å². The molecule has 7 heteroatoms. The zero-order valence-corrected chi connectivity index (χ0v) is 18.1. The number of ketones is 1. The number of thiophene rings is 1. The van der Waals surface area contributed by atoms with Gasteiger partial charge < -0.3 is 15.5 Å². The number of amides is 1. The standard InChI is InChI=1S/C25H22FN3O2S/c26-16-10-12-17(13-11-16)27-23(31)15-29-20-7-2-1-5-18(20)28-19-6-3-8-21(30)24(19)25(29)22-9-4-14-32-22/h1-2,4-5,7,9-14,25,28H,3,6,8,15H2,(H,27,31)/t25-/m1/s1. The number of hydrogen-bond donors (Lipinski definition) is 2. The fraction of sp³-hybridized carbons (Fsp3) is 0.200. The molecule has 5 rings (SSSR count). The molecule has 2 aromatic carbocycles. The van der Waals surface area contributed by atoms with Crippen molar-refractivity contribution in [1.29, 1.82) is 0 Å². The molecule has 5 nitrogen and oxygen atoms in total. The maximum absolute atomic E-state index is 13.2. The Bertz CT molecular complexity index is 1190. The summed E-state index contributed by atoms with van der Waals surface area (Å²) in [4.78, 5) is 29.2. The predicted molar refractivity (Wildman–Crippen MR) is 125 cm³/mol. The average molecular weight is 448 g/mol. The van der Waals surface area contributed by atoms with E-state index in [0.717, 1.165) is 40.4 Å². The van der Waals surface area contributed by atoms with Gasteiger partial charge in [-0.25, -0.2) is 4.39 Å². The molecule has 1 atom stereocenters. The van der Waals surface area contributed by atoms with Crippen LogP contribution in [-0.4, -0.2) is 18.2 Å². The van der Waals surface area contributed by atoms with Crippen LogP contribution in [0.15, 0.2) is 77.3 Å². The van der Waals surface area contributed by atoms with Gasteiger partial charge in [0.2, 0.25) is 5.91 Å². The summed E-state index contributed by atoms with van der Waals surface area (Å²) in [6.45, 7) is 0.0443. The molecule has 0 radical (unpaired) electrons. The number of para-hydroxylation sites is 2. The van der Waals surface area contributed by atoms with Crippen LogP contribution in [0.5, 0.6) is 0 Å². The van der Waals surface area contributed by atoms with Crippen LogP contribution in [0.2, 0.25) is 0 Å². The van der Waals surface area contributed by atoms with E-state index in [9.17, 15) is 14.0 Å². The van der Waals surface area contributed by atoms with Crippen LogP contribution in [0.1, 0.15) is 30.2 Å². The normalized spacial score (nSPS) is 17.8. The van der Waals surface area contributed by atoms with Crippen molar-refractivity contribution in [2.75, 3.05) is 22.1 Å². The summed E-state index contributed by atoms with van der Waals surface area (Å²) in [6.07, 6.45) is 2.12. The topological polar surface area (TPSA) is 61.4 Å². The quantitative estimate of drug-likeness (QED) is 0.554. The van der Waals surface area contributed by atoms with Gasteiger partial charge in [-0.3, -0.25) is 9.59 Å². The molecule has 32 heavy (non-hydrogen) atoms. The van der Waals surface area contributed by atoms with E-state index >= 15 is 0 Å². The van der Waals surface area contributed by atoms with Gasteiger partial charge >= 0.3 is 0 Å². The minimum Gasteiger partial charge on any atom is -0.357 e. The predicted octanol–water partition coefficient (Wildman–Crippen LogP) is 5.51. The maximum atomic E-state index is 13.2. The Morgan fingerprint density at radius 2 is 1.91 bits per heavy atom. The first-order valence-corrected chi connectivity index (χ1v) is 11.5. The van der Waals surface area contributed by atoms with Crippen LogP contribution in [-0.2, 0) is 9.59 Å². The van der Waals surface area contributed by atoms with Crippen LogP contribution in [0, 0.1) is 5.82 Å². The van der Waals surface area contributed by atoms with E-state index in [1.54, 1.807) is 11.3 Å². The highest BCUT2D eigenvalue weighted by Crippen LogP contribution is 2.45. The number of carbonyl (C=O) groups is 2. The van der Waals surface area contributed by atoms with Crippen molar-refractivity contribution in [2.24, 2.45) is 0 Å². The van der Waals surface area contributed by atoms with E-state index in [0.29, 0.717) is 12.1 Å². The molecule has 2 aliphatic rings. The Morgan fingerprint density at radius 1 is 1.09 bits per heavy atom. The van der Waals surface area contributed by atoms with Gasteiger partial charge in [-0.15, -0.1) is 11.3 Å². The molecule has 1 aliphatic carbocycles. The Morgan fingerprint density at radius 3 is 2.69 bits per heavy atom. The number of nitrogens with one attached hydrogen (secondary N) is 2. The molecule has 2 heterocycles. The third-order valence-electron chi connectivity index (χ3n) is 5.79. The summed E-state index contributed by atoms with van der Waals surface area (Å²) < 4.78 is 13.2. The lowest BCUT2D eigenvalue weighted by Gasteiger charge is -2.34. The third kappa shape index (κ3) is 3.91. The molecule has 3 aromatic rings. The molecule has 0 unspecified atom stereocenters. The number of benzene rings is 2. The number of halogens is 1. The minimum absolute atomic E-state index is 0.0443. The molecule has 2 N–H and O–H groups in total. The van der Waals surface area contributed by atoms with Gasteiger partial charge in [0.05, 0.1) is 24.0 Å². The lowest BCUT2D eigenvalue weighted by Crippen LogP contribution is -2.38. The van der Waals surface area contributed by atoms with Crippen molar-refractivity contribution in [3.8, 4) is 0 Å². The van der Waals surface area contributed by atoms with Crippen molar-refractivity contribution < 1.29 is 14.0 Å². The SMILES string of the molecule is O=C(CN1c2ccccc2NC2=C(C(=O)CCC2)[C@H]1c1cccs1)Nc1ccc(F)cc1. The van der Waals surface area contributed by atoms with Crippen LogP contribution in [0.4, 0.5) is 21.5 Å². The van der Waals surface area contributed by atoms with Gasteiger partial charge in [0, 0.05) is 28.3 Å². The fourth-order valence-corrected chi connectivity index (χ4v) is 5.25. The second-order valence-corrected chi connectivity index (χ2v) is 8.89. The van der Waals surface area contributed by atoms with Crippen LogP contribution >= 0.6 is 11.3 Å². The van der Waals surface area contributed by atoms with Crippen molar-refractivity contribution in [2.45, 2.75) is 25.3 Å². The molecule has 1 amide bonds. The highest BCUT2D eigenvalue weighted by Gasteiger charge is 2.37. The fourth-order valence-electron chi connectivity index (χ4n) is 4.41. The van der Waals surface area contributed by atoms with Crippen molar-refractivity contribution >= 4 is 40.1 Å². The lowest BCUT2D eigenvalue weighted by atomic mass is 9.88. The second-order valence-electron chi connectivity index (χ2n) is 7.91. The number of nitrogens with zero attached hydrogens (tertiary/aromatic N) is 1. The molecule has 162 valence electrons. The van der Waals surface area contributed by atoms with Crippen LogP contribution in [0.3, 0.4) is 0 Å². The van der Waals surface area contributed by atoms with E-state index in [2.05, 4.69) is 10.6 Å². The summed E-state index contributed by atoms with van der Waals surface area (Å²) in [6, 6.07) is 17.1. The summed E-state index contributed by atoms with van der Waals surface area (Å²) in [7, 11) is 0. The zero-order valence-electron chi connectivity index (χ0n) is 17.3. The number of hydrogen-bond acceptors (Lipinski definition) is 5. The summed E-state index contributed by atoms with van der Waals surface area (Å²) in [5, 5.41) is 8.33. The Balaban J connectivity index is 1.57. The first kappa shape index (κ1) is 20.5. The number of carbonyl (C=O) groups excluding carboxylic acids is 2. The number of Topliss-reactive ketones (excluding diaryl/α,β-unsaturated/α-hetero) is 1. The van der Waals surface area contributed by atoms with Crippen LogP contribution in [0.25, 0.3) is 0 Å². The van der Waals surface area contributed by atoms with Gasteiger partial charge in [-0.05, 0) is 60.7 Å². The summed E-state index contributed by atoms with van der Waals surface area (Å²) >= 11 is 1.58.